The molecule has 0 fully saturated rings. The lowest BCUT2D eigenvalue weighted by molar-refractivity contribution is -0.124. The fourth-order valence-electron chi connectivity index (χ4n) is 4.48. The molecule has 2 amide bonds. The maximum absolute atomic E-state index is 13.4. The summed E-state index contributed by atoms with van der Waals surface area (Å²) in [4.78, 5) is 31.7. The molecule has 36 heavy (non-hydrogen) atoms. The molecule has 1 atom stereocenters. The lowest BCUT2D eigenvalue weighted by Crippen LogP contribution is -2.38. The van der Waals surface area contributed by atoms with E-state index in [-0.39, 0.29) is 17.7 Å². The molecule has 2 aromatic heterocycles. The maximum Gasteiger partial charge on any atom is 0.253 e. The molecular weight excluding hydrogens is 474 g/mol. The summed E-state index contributed by atoms with van der Waals surface area (Å²) in [5.74, 6) is 0.615. The van der Waals surface area contributed by atoms with Crippen molar-refractivity contribution in [3.63, 3.8) is 0 Å². The van der Waals surface area contributed by atoms with Crippen LogP contribution in [0.25, 0.3) is 11.1 Å². The quantitative estimate of drug-likeness (QED) is 0.405. The number of carbonyl (C=O) groups excluding carboxylic acids is 2. The Morgan fingerprint density at radius 1 is 1.03 bits per heavy atom. The summed E-state index contributed by atoms with van der Waals surface area (Å²) in [5.41, 5.74) is 4.99. The van der Waals surface area contributed by atoms with E-state index in [0.29, 0.717) is 22.3 Å². The molecule has 0 spiro atoms. The van der Waals surface area contributed by atoms with Gasteiger partial charge in [0.1, 0.15) is 11.3 Å². The number of fused-ring (bicyclic) bond motifs is 2. The third-order valence-electron chi connectivity index (χ3n) is 6.40. The molecule has 1 N–H and O–H groups in total. The maximum atomic E-state index is 13.4. The van der Waals surface area contributed by atoms with Gasteiger partial charge in [-0.1, -0.05) is 55.5 Å². The minimum absolute atomic E-state index is 0.0464. The molecule has 0 aliphatic carbocycles. The van der Waals surface area contributed by atoms with Gasteiger partial charge in [-0.3, -0.25) is 9.59 Å². The summed E-state index contributed by atoms with van der Waals surface area (Å²) in [7, 11) is 3.46. The highest BCUT2D eigenvalue weighted by Crippen LogP contribution is 2.52. The smallest absolute Gasteiger partial charge is 0.253 e. The second-order valence-electron chi connectivity index (χ2n) is 9.38. The van der Waals surface area contributed by atoms with Crippen molar-refractivity contribution in [3.8, 4) is 22.8 Å². The Kier molecular flexibility index (Phi) is 6.01. The van der Waals surface area contributed by atoms with Gasteiger partial charge in [0, 0.05) is 42.9 Å². The van der Waals surface area contributed by atoms with E-state index in [9.17, 15) is 9.59 Å². The van der Waals surface area contributed by atoms with E-state index in [0.717, 1.165) is 22.3 Å². The van der Waals surface area contributed by atoms with Crippen LogP contribution in [0.1, 0.15) is 41.3 Å². The van der Waals surface area contributed by atoms with Crippen LogP contribution in [0.3, 0.4) is 0 Å². The molecule has 1 aliphatic rings. The molecule has 8 nitrogen and oxygen atoms in total. The van der Waals surface area contributed by atoms with Gasteiger partial charge in [-0.15, -0.1) is 10.2 Å². The summed E-state index contributed by atoms with van der Waals surface area (Å²) >= 11 is 1.27. The van der Waals surface area contributed by atoms with E-state index in [2.05, 4.69) is 20.5 Å². The van der Waals surface area contributed by atoms with Crippen molar-refractivity contribution < 1.29 is 14.3 Å². The summed E-state index contributed by atoms with van der Waals surface area (Å²) < 4.78 is 6.22. The van der Waals surface area contributed by atoms with Crippen LogP contribution < -0.4 is 10.1 Å². The second-order valence-corrected chi connectivity index (χ2v) is 10.2. The zero-order valence-corrected chi connectivity index (χ0v) is 21.2. The van der Waals surface area contributed by atoms with Crippen molar-refractivity contribution in [3.05, 3.63) is 83.0 Å². The fourth-order valence-corrected chi connectivity index (χ4v) is 4.92. The molecule has 5 rings (SSSR count). The Morgan fingerprint density at radius 3 is 2.47 bits per heavy atom. The number of carbonyl (C=O) groups is 2. The summed E-state index contributed by atoms with van der Waals surface area (Å²) in [5, 5.41) is 11.1. The van der Waals surface area contributed by atoms with Gasteiger partial charge in [-0.25, -0.2) is 4.98 Å². The van der Waals surface area contributed by atoms with Gasteiger partial charge < -0.3 is 15.0 Å². The van der Waals surface area contributed by atoms with Crippen molar-refractivity contribution >= 4 is 28.3 Å². The minimum Gasteiger partial charge on any atom is -0.438 e. The van der Waals surface area contributed by atoms with Crippen LogP contribution in [0.5, 0.6) is 11.6 Å². The van der Waals surface area contributed by atoms with Crippen LogP contribution in [0.2, 0.25) is 0 Å². The molecule has 1 unspecified atom stereocenters. The number of aromatic nitrogens is 3. The number of hydrogen-bond acceptors (Lipinski definition) is 7. The van der Waals surface area contributed by atoms with E-state index in [1.807, 2.05) is 68.4 Å². The number of hydrogen-bond donors (Lipinski definition) is 1. The minimum atomic E-state index is -0.850. The first kappa shape index (κ1) is 23.6. The molecule has 0 saturated heterocycles. The highest BCUT2D eigenvalue weighted by Gasteiger charge is 2.44. The van der Waals surface area contributed by atoms with E-state index in [1.165, 1.54) is 11.3 Å². The highest BCUT2D eigenvalue weighted by atomic mass is 32.1. The number of benzene rings is 2. The number of rotatable bonds is 5. The molecule has 2 aromatic carbocycles. The molecule has 0 bridgehead atoms. The number of amides is 2. The van der Waals surface area contributed by atoms with Gasteiger partial charge >= 0.3 is 0 Å². The fraction of sp³-hybridized carbons (Fsp3) is 0.222. The predicted octanol–water partition coefficient (Wildman–Crippen LogP) is 5.20. The Labute approximate surface area is 213 Å². The van der Waals surface area contributed by atoms with E-state index in [1.54, 1.807) is 30.7 Å². The van der Waals surface area contributed by atoms with E-state index < -0.39 is 5.41 Å². The lowest BCUT2D eigenvalue weighted by Gasteiger charge is -2.37. The molecule has 0 radical (unpaired) electrons. The second kappa shape index (κ2) is 9.16. The van der Waals surface area contributed by atoms with Gasteiger partial charge in [-0.2, -0.15) is 0 Å². The number of pyridine rings is 1. The monoisotopic (exact) mass is 499 g/mol. The van der Waals surface area contributed by atoms with E-state index >= 15 is 0 Å². The van der Waals surface area contributed by atoms with Gasteiger partial charge in [0.2, 0.25) is 16.9 Å². The molecule has 1 aliphatic heterocycles. The largest absolute Gasteiger partial charge is 0.438 e. The topological polar surface area (TPSA) is 97.3 Å². The van der Waals surface area contributed by atoms with E-state index in [4.69, 9.17) is 4.74 Å². The van der Waals surface area contributed by atoms with Crippen molar-refractivity contribution in [2.75, 3.05) is 19.4 Å². The first-order valence-corrected chi connectivity index (χ1v) is 12.3. The molecule has 0 saturated carbocycles. The SMILES string of the molecule is CN(C)C(=O)c1ccc(-c2ccc3c(c2)Oc2ncccc2C3C(C)(C)C(=O)Nc2nncs2)cc1. The third kappa shape index (κ3) is 4.22. The van der Waals surface area contributed by atoms with Crippen molar-refractivity contribution in [2.24, 2.45) is 5.41 Å². The molecule has 4 aromatic rings. The first-order valence-electron chi connectivity index (χ1n) is 11.4. The molecule has 9 heteroatoms. The van der Waals surface area contributed by atoms with Crippen LogP contribution in [0, 0.1) is 5.41 Å². The number of anilines is 1. The Morgan fingerprint density at radius 2 is 1.78 bits per heavy atom. The normalized spacial score (nSPS) is 14.3. The number of ether oxygens (including phenoxy) is 1. The molecular formula is C27H25N5O3S. The predicted molar refractivity (Wildman–Crippen MR) is 138 cm³/mol. The average Bonchev–Trinajstić information content (AvgIpc) is 3.39. The van der Waals surface area contributed by atoms with Crippen molar-refractivity contribution in [1.29, 1.82) is 0 Å². The average molecular weight is 500 g/mol. The zero-order chi connectivity index (χ0) is 25.4. The van der Waals surface area contributed by atoms with Gasteiger partial charge in [0.15, 0.2) is 0 Å². The van der Waals surface area contributed by atoms with Crippen molar-refractivity contribution in [1.82, 2.24) is 20.1 Å². The Bertz CT molecular complexity index is 1430. The van der Waals surface area contributed by atoms with Crippen LogP contribution in [0.4, 0.5) is 5.13 Å². The van der Waals surface area contributed by atoms with Gasteiger partial charge in [-0.05, 0) is 35.4 Å². The molecule has 182 valence electrons. The van der Waals surface area contributed by atoms with Gasteiger partial charge in [0.05, 0.1) is 5.41 Å². The first-order chi connectivity index (χ1) is 17.3. The van der Waals surface area contributed by atoms with Crippen LogP contribution in [-0.2, 0) is 4.79 Å². The van der Waals surface area contributed by atoms with Crippen molar-refractivity contribution in [2.45, 2.75) is 19.8 Å². The Balaban J connectivity index is 1.53. The summed E-state index contributed by atoms with van der Waals surface area (Å²) in [6.45, 7) is 3.82. The molecule has 3 heterocycles. The summed E-state index contributed by atoms with van der Waals surface area (Å²) in [6.07, 6.45) is 1.68. The van der Waals surface area contributed by atoms with Crippen LogP contribution in [-0.4, -0.2) is 46.0 Å². The standard InChI is InChI=1S/C27H25N5O3S/c1-27(2,25(34)30-26-31-29-15-36-26)22-19-12-11-18(14-21(19)35-23-20(22)6-5-13-28-23)16-7-9-17(10-8-16)24(33)32(3)4/h5-15,22H,1-4H3,(H,30,31,34). The number of nitrogens with one attached hydrogen (secondary N) is 1. The van der Waals surface area contributed by atoms with Gasteiger partial charge in [0.25, 0.3) is 5.91 Å². The lowest BCUT2D eigenvalue weighted by atomic mass is 9.69. The zero-order valence-electron chi connectivity index (χ0n) is 20.4. The number of nitrogens with zero attached hydrogens (tertiary/aromatic N) is 4. The highest BCUT2D eigenvalue weighted by molar-refractivity contribution is 7.13. The third-order valence-corrected chi connectivity index (χ3v) is 7.01. The summed E-state index contributed by atoms with van der Waals surface area (Å²) in [6, 6.07) is 17.3. The van der Waals surface area contributed by atoms with Crippen LogP contribution >= 0.6 is 11.3 Å². The van der Waals surface area contributed by atoms with Crippen LogP contribution in [0.15, 0.2) is 66.3 Å². The Hall–Kier alpha value is -4.11.